The molecule has 5 heteroatoms. The van der Waals surface area contributed by atoms with Gasteiger partial charge in [0.2, 0.25) is 0 Å². The third kappa shape index (κ3) is 4.50. The number of carbonyl (C=O) groups is 2. The molecule has 2 unspecified atom stereocenters. The molecular weight excluding hydrogens is 320 g/mol. The number of carbonyl (C=O) groups excluding carboxylic acids is 2. The third-order valence-electron chi connectivity index (χ3n) is 5.04. The van der Waals surface area contributed by atoms with Crippen molar-refractivity contribution in [2.45, 2.75) is 78.9 Å². The van der Waals surface area contributed by atoms with E-state index in [0.29, 0.717) is 31.1 Å². The first-order chi connectivity index (χ1) is 11.4. The van der Waals surface area contributed by atoms with Crippen molar-refractivity contribution in [2.24, 2.45) is 23.7 Å². The van der Waals surface area contributed by atoms with E-state index in [2.05, 4.69) is 0 Å². The van der Waals surface area contributed by atoms with Gasteiger partial charge in [-0.3, -0.25) is 9.59 Å². The van der Waals surface area contributed by atoms with Gasteiger partial charge in [0.05, 0.1) is 12.0 Å². The molecule has 3 N–H and O–H groups in total. The minimum Gasteiger partial charge on any atom is -0.508 e. The lowest BCUT2D eigenvalue weighted by Crippen LogP contribution is -2.49. The second-order valence-electron chi connectivity index (χ2n) is 8.44. The van der Waals surface area contributed by atoms with E-state index in [0.717, 1.165) is 0 Å². The quantitative estimate of drug-likeness (QED) is 0.553. The van der Waals surface area contributed by atoms with Crippen molar-refractivity contribution < 1.29 is 24.9 Å². The van der Waals surface area contributed by atoms with Crippen molar-refractivity contribution in [1.29, 1.82) is 0 Å². The highest BCUT2D eigenvalue weighted by Gasteiger charge is 2.58. The molecule has 0 amide bonds. The maximum Gasteiger partial charge on any atom is 0.176 e. The standard InChI is InChI=1S/C20H34O5/c1-11(2)7-9-14-18(23)16(17(22)13(5)6)19(24)20(14,25)15(21)10-8-12(3)4/h11-15,21,24-25H,7-10H2,1-6H3/t14?,15-,20?/m0/s1. The van der Waals surface area contributed by atoms with E-state index in [9.17, 15) is 24.9 Å². The first kappa shape index (κ1) is 21.8. The van der Waals surface area contributed by atoms with Gasteiger partial charge in [-0.1, -0.05) is 48.0 Å². The van der Waals surface area contributed by atoms with Crippen molar-refractivity contribution in [1.82, 2.24) is 0 Å². The van der Waals surface area contributed by atoms with E-state index in [-0.39, 0.29) is 12.0 Å². The first-order valence-electron chi connectivity index (χ1n) is 9.37. The summed E-state index contributed by atoms with van der Waals surface area (Å²) in [5.74, 6) is -2.49. The summed E-state index contributed by atoms with van der Waals surface area (Å²) in [6, 6.07) is 0. The SMILES string of the molecule is CC(C)CCC1C(=O)C(C(=O)C(C)C)=C(O)C1(O)[C@@H](O)CCC(C)C. The molecule has 1 aliphatic rings. The number of aliphatic hydroxyl groups excluding tert-OH is 2. The molecule has 0 aliphatic heterocycles. The van der Waals surface area contributed by atoms with Crippen LogP contribution in [-0.2, 0) is 9.59 Å². The van der Waals surface area contributed by atoms with Crippen LogP contribution in [0.15, 0.2) is 11.3 Å². The van der Waals surface area contributed by atoms with Crippen molar-refractivity contribution in [2.75, 3.05) is 0 Å². The van der Waals surface area contributed by atoms with Gasteiger partial charge in [0.15, 0.2) is 17.2 Å². The normalized spacial score (nSPS) is 25.6. The molecule has 0 saturated heterocycles. The van der Waals surface area contributed by atoms with Crippen LogP contribution in [0.5, 0.6) is 0 Å². The highest BCUT2D eigenvalue weighted by molar-refractivity contribution is 6.24. The van der Waals surface area contributed by atoms with Crippen molar-refractivity contribution in [3.63, 3.8) is 0 Å². The van der Waals surface area contributed by atoms with Gasteiger partial charge in [-0.2, -0.15) is 0 Å². The van der Waals surface area contributed by atoms with Crippen molar-refractivity contribution >= 4 is 11.6 Å². The molecular formula is C20H34O5. The van der Waals surface area contributed by atoms with Gasteiger partial charge in [0.25, 0.3) is 0 Å². The van der Waals surface area contributed by atoms with Gasteiger partial charge >= 0.3 is 0 Å². The molecule has 3 atom stereocenters. The second kappa shape index (κ2) is 8.45. The lowest BCUT2D eigenvalue weighted by Gasteiger charge is -2.34. The number of hydrogen-bond donors (Lipinski definition) is 3. The van der Waals surface area contributed by atoms with Crippen LogP contribution in [0.1, 0.15) is 67.2 Å². The predicted octanol–water partition coefficient (Wildman–Crippen LogP) is 3.19. The zero-order chi connectivity index (χ0) is 19.5. The Balaban J connectivity index is 3.27. The Hall–Kier alpha value is -1.20. The summed E-state index contributed by atoms with van der Waals surface area (Å²) in [6.45, 7) is 11.3. The molecule has 0 bridgehead atoms. The average Bonchev–Trinajstić information content (AvgIpc) is 2.69. The fraction of sp³-hybridized carbons (Fsp3) is 0.800. The minimum absolute atomic E-state index is 0.257. The molecule has 0 aromatic rings. The van der Waals surface area contributed by atoms with Crippen LogP contribution < -0.4 is 0 Å². The van der Waals surface area contributed by atoms with Crippen molar-refractivity contribution in [3.8, 4) is 0 Å². The fourth-order valence-electron chi connectivity index (χ4n) is 3.34. The second-order valence-corrected chi connectivity index (χ2v) is 8.44. The Labute approximate surface area is 151 Å². The molecule has 0 aromatic heterocycles. The van der Waals surface area contributed by atoms with Crippen LogP contribution in [0.3, 0.4) is 0 Å². The largest absolute Gasteiger partial charge is 0.508 e. The number of rotatable bonds is 9. The lowest BCUT2D eigenvalue weighted by molar-refractivity contribution is -0.137. The smallest absolute Gasteiger partial charge is 0.176 e. The summed E-state index contributed by atoms with van der Waals surface area (Å²) >= 11 is 0. The predicted molar refractivity (Wildman–Crippen MR) is 97.1 cm³/mol. The van der Waals surface area contributed by atoms with Gasteiger partial charge in [-0.05, 0) is 31.1 Å². The summed E-state index contributed by atoms with van der Waals surface area (Å²) in [4.78, 5) is 25.2. The fourth-order valence-corrected chi connectivity index (χ4v) is 3.34. The molecule has 0 fully saturated rings. The Kier molecular flexibility index (Phi) is 7.39. The van der Waals surface area contributed by atoms with Gasteiger partial charge in [-0.15, -0.1) is 0 Å². The van der Waals surface area contributed by atoms with E-state index in [1.807, 2.05) is 27.7 Å². The molecule has 0 saturated carbocycles. The topological polar surface area (TPSA) is 94.8 Å². The molecule has 5 nitrogen and oxygen atoms in total. The zero-order valence-corrected chi connectivity index (χ0v) is 16.4. The summed E-state index contributed by atoms with van der Waals surface area (Å²) < 4.78 is 0. The van der Waals surface area contributed by atoms with Crippen molar-refractivity contribution in [3.05, 3.63) is 11.3 Å². The number of hydrogen-bond acceptors (Lipinski definition) is 5. The van der Waals surface area contributed by atoms with Crippen LogP contribution >= 0.6 is 0 Å². The molecule has 0 radical (unpaired) electrons. The molecule has 144 valence electrons. The van der Waals surface area contributed by atoms with Gasteiger partial charge in [-0.25, -0.2) is 0 Å². The maximum atomic E-state index is 12.8. The molecule has 0 heterocycles. The molecule has 1 rings (SSSR count). The van der Waals surface area contributed by atoms with E-state index in [1.165, 1.54) is 0 Å². The summed E-state index contributed by atoms with van der Waals surface area (Å²) in [5.41, 5.74) is -2.39. The minimum atomic E-state index is -2.07. The molecule has 0 aromatic carbocycles. The summed E-state index contributed by atoms with van der Waals surface area (Å²) in [7, 11) is 0. The summed E-state index contributed by atoms with van der Waals surface area (Å²) in [6.07, 6.45) is 0.604. The number of Topliss-reactive ketones (excluding diaryl/α,β-unsaturated/α-hetero) is 2. The Bertz CT molecular complexity index is 532. The van der Waals surface area contributed by atoms with E-state index < -0.39 is 40.9 Å². The monoisotopic (exact) mass is 354 g/mol. The molecule has 0 spiro atoms. The number of allylic oxidation sites excluding steroid dienone is 1. The Morgan fingerprint density at radius 3 is 2.00 bits per heavy atom. The highest BCUT2D eigenvalue weighted by atomic mass is 16.4. The maximum absolute atomic E-state index is 12.8. The van der Waals surface area contributed by atoms with Crippen LogP contribution in [0.4, 0.5) is 0 Å². The summed E-state index contributed by atoms with van der Waals surface area (Å²) in [5, 5.41) is 32.4. The van der Waals surface area contributed by atoms with Crippen LogP contribution in [0, 0.1) is 23.7 Å². The van der Waals surface area contributed by atoms with Crippen LogP contribution in [0.2, 0.25) is 0 Å². The molecule has 25 heavy (non-hydrogen) atoms. The Morgan fingerprint density at radius 1 is 1.04 bits per heavy atom. The van der Waals surface area contributed by atoms with Crippen LogP contribution in [0.25, 0.3) is 0 Å². The first-order valence-corrected chi connectivity index (χ1v) is 9.37. The third-order valence-corrected chi connectivity index (χ3v) is 5.04. The Morgan fingerprint density at radius 2 is 1.56 bits per heavy atom. The van der Waals surface area contributed by atoms with E-state index >= 15 is 0 Å². The number of aliphatic hydroxyl groups is 3. The zero-order valence-electron chi connectivity index (χ0n) is 16.4. The van der Waals surface area contributed by atoms with E-state index in [1.54, 1.807) is 13.8 Å². The van der Waals surface area contributed by atoms with Gasteiger partial charge < -0.3 is 15.3 Å². The number of ketones is 2. The van der Waals surface area contributed by atoms with E-state index in [4.69, 9.17) is 0 Å². The van der Waals surface area contributed by atoms with Gasteiger partial charge in [0, 0.05) is 5.92 Å². The average molecular weight is 354 g/mol. The molecule has 1 aliphatic carbocycles. The lowest BCUT2D eigenvalue weighted by atomic mass is 9.78. The van der Waals surface area contributed by atoms with Gasteiger partial charge in [0.1, 0.15) is 11.3 Å². The highest BCUT2D eigenvalue weighted by Crippen LogP contribution is 2.44. The van der Waals surface area contributed by atoms with Crippen LogP contribution in [-0.4, -0.2) is 38.6 Å².